The van der Waals surface area contributed by atoms with E-state index in [2.05, 4.69) is 4.98 Å². The Morgan fingerprint density at radius 2 is 1.65 bits per heavy atom. The zero-order chi connectivity index (χ0) is 22.2. The maximum absolute atomic E-state index is 13.8. The maximum atomic E-state index is 13.8. The molecule has 1 aromatic heterocycles. The summed E-state index contributed by atoms with van der Waals surface area (Å²) >= 11 is 0. The molecule has 0 bridgehead atoms. The van der Waals surface area contributed by atoms with Gasteiger partial charge in [0.05, 0.1) is 29.1 Å². The third-order valence-electron chi connectivity index (χ3n) is 5.71. The van der Waals surface area contributed by atoms with Crippen molar-refractivity contribution in [1.82, 2.24) is 18.8 Å². The van der Waals surface area contributed by atoms with Gasteiger partial charge in [-0.1, -0.05) is 12.1 Å². The van der Waals surface area contributed by atoms with E-state index in [0.717, 1.165) is 4.57 Å². The average Bonchev–Trinajstić information content (AvgIpc) is 3.18. The molecule has 0 unspecified atom stereocenters. The van der Waals surface area contributed by atoms with E-state index in [0.29, 0.717) is 29.9 Å². The monoisotopic (exact) mass is 450 g/mol. The van der Waals surface area contributed by atoms with Crippen LogP contribution in [-0.2, 0) is 10.0 Å². The van der Waals surface area contributed by atoms with E-state index in [4.69, 9.17) is 4.74 Å². The highest BCUT2D eigenvalue weighted by molar-refractivity contribution is 7.89. The molecule has 1 aliphatic heterocycles. The highest BCUT2D eigenvalue weighted by Crippen LogP contribution is 2.30. The van der Waals surface area contributed by atoms with Crippen LogP contribution in [0.15, 0.2) is 53.4 Å². The van der Waals surface area contributed by atoms with E-state index >= 15 is 0 Å². The predicted molar refractivity (Wildman–Crippen MR) is 113 cm³/mol. The average molecular weight is 451 g/mol. The number of alkyl halides is 2. The Morgan fingerprint density at radius 1 is 1.00 bits per heavy atom. The number of sulfonamides is 1. The minimum absolute atomic E-state index is 0.203. The quantitative estimate of drug-likeness (QED) is 0.575. The number of hydrogen-bond donors (Lipinski definition) is 0. The fourth-order valence-electron chi connectivity index (χ4n) is 3.95. The van der Waals surface area contributed by atoms with E-state index < -0.39 is 16.6 Å². The van der Waals surface area contributed by atoms with Crippen molar-refractivity contribution in [3.63, 3.8) is 0 Å². The number of imidazole rings is 1. The van der Waals surface area contributed by atoms with Gasteiger partial charge in [0.25, 0.3) is 0 Å². The first-order valence-corrected chi connectivity index (χ1v) is 11.4. The number of methoxy groups -OCH3 is 1. The lowest BCUT2D eigenvalue weighted by Crippen LogP contribution is -2.49. The molecule has 0 N–H and O–H groups in total. The van der Waals surface area contributed by atoms with E-state index in [1.807, 2.05) is 11.8 Å². The van der Waals surface area contributed by atoms with Gasteiger partial charge in [-0.2, -0.15) is 13.1 Å². The Bertz CT molecular complexity index is 1160. The SMILES string of the molecule is COc1ccc(S(=O)(=O)N2CCN([C@H](C)c3nc4ccccc4n3C(F)F)CC2)cc1. The molecule has 1 saturated heterocycles. The summed E-state index contributed by atoms with van der Waals surface area (Å²) in [6, 6.07) is 12.7. The summed E-state index contributed by atoms with van der Waals surface area (Å²) in [5, 5.41) is 0. The van der Waals surface area contributed by atoms with Crippen molar-refractivity contribution in [1.29, 1.82) is 0 Å². The number of piperazine rings is 1. The summed E-state index contributed by atoms with van der Waals surface area (Å²) in [6.07, 6.45) is 0. The zero-order valence-electron chi connectivity index (χ0n) is 17.3. The normalized spacial score (nSPS) is 17.3. The van der Waals surface area contributed by atoms with Gasteiger partial charge in [0, 0.05) is 26.2 Å². The summed E-state index contributed by atoms with van der Waals surface area (Å²) in [5.41, 5.74) is 0.908. The second kappa shape index (κ2) is 8.52. The van der Waals surface area contributed by atoms with Gasteiger partial charge in [-0.3, -0.25) is 9.47 Å². The molecule has 0 aliphatic carbocycles. The van der Waals surface area contributed by atoms with E-state index in [1.165, 1.54) is 23.5 Å². The van der Waals surface area contributed by atoms with Crippen molar-refractivity contribution in [2.75, 3.05) is 33.3 Å². The van der Waals surface area contributed by atoms with Gasteiger partial charge in [0.15, 0.2) is 0 Å². The van der Waals surface area contributed by atoms with Crippen LogP contribution in [0.25, 0.3) is 11.0 Å². The number of halogens is 2. The van der Waals surface area contributed by atoms with Gasteiger partial charge in [0.2, 0.25) is 10.0 Å². The molecule has 3 aromatic rings. The Hall–Kier alpha value is -2.56. The number of benzene rings is 2. The topological polar surface area (TPSA) is 67.7 Å². The molecule has 1 atom stereocenters. The summed E-state index contributed by atoms with van der Waals surface area (Å²) < 4.78 is 60.9. The fourth-order valence-corrected chi connectivity index (χ4v) is 5.38. The van der Waals surface area contributed by atoms with Crippen LogP contribution in [0.2, 0.25) is 0 Å². The van der Waals surface area contributed by atoms with E-state index in [1.54, 1.807) is 36.4 Å². The molecule has 0 amide bonds. The Morgan fingerprint density at radius 3 is 2.26 bits per heavy atom. The van der Waals surface area contributed by atoms with Gasteiger partial charge in [-0.25, -0.2) is 13.4 Å². The van der Waals surface area contributed by atoms with Crippen molar-refractivity contribution >= 4 is 21.1 Å². The summed E-state index contributed by atoms with van der Waals surface area (Å²) in [7, 11) is -2.11. The van der Waals surface area contributed by atoms with Gasteiger partial charge in [-0.15, -0.1) is 0 Å². The van der Waals surface area contributed by atoms with Crippen LogP contribution in [0.3, 0.4) is 0 Å². The second-order valence-corrected chi connectivity index (χ2v) is 9.34. The number of fused-ring (bicyclic) bond motifs is 1. The van der Waals surface area contributed by atoms with Gasteiger partial charge >= 0.3 is 6.55 Å². The Labute approximate surface area is 179 Å². The molecule has 0 radical (unpaired) electrons. The summed E-state index contributed by atoms with van der Waals surface area (Å²) in [5.74, 6) is 0.863. The Balaban J connectivity index is 1.51. The number of ether oxygens (including phenoxy) is 1. The third-order valence-corrected chi connectivity index (χ3v) is 7.62. The lowest BCUT2D eigenvalue weighted by Gasteiger charge is -2.37. The Kier molecular flexibility index (Phi) is 5.96. The van der Waals surface area contributed by atoms with Crippen LogP contribution < -0.4 is 4.74 Å². The molecular formula is C21H24F2N4O3S. The lowest BCUT2D eigenvalue weighted by atomic mass is 10.2. The number of rotatable bonds is 6. The van der Waals surface area contributed by atoms with Crippen molar-refractivity contribution in [2.24, 2.45) is 0 Å². The molecule has 10 heteroatoms. The third kappa shape index (κ3) is 4.02. The van der Waals surface area contributed by atoms with Crippen LogP contribution in [0.4, 0.5) is 8.78 Å². The number of nitrogens with zero attached hydrogens (tertiary/aromatic N) is 4. The molecule has 2 aromatic carbocycles. The first-order chi connectivity index (χ1) is 14.8. The second-order valence-electron chi connectivity index (χ2n) is 7.40. The molecule has 1 aliphatic rings. The molecule has 0 spiro atoms. The van der Waals surface area contributed by atoms with Gasteiger partial charge < -0.3 is 4.74 Å². The maximum Gasteiger partial charge on any atom is 0.320 e. The molecule has 31 heavy (non-hydrogen) atoms. The first kappa shape index (κ1) is 21.7. The number of para-hydroxylation sites is 2. The van der Waals surface area contributed by atoms with Crippen molar-refractivity contribution in [3.8, 4) is 5.75 Å². The number of hydrogen-bond acceptors (Lipinski definition) is 5. The zero-order valence-corrected chi connectivity index (χ0v) is 18.1. The molecule has 1 fully saturated rings. The van der Waals surface area contributed by atoms with E-state index in [-0.39, 0.29) is 29.9 Å². The smallest absolute Gasteiger partial charge is 0.320 e. The summed E-state index contributed by atoms with van der Waals surface area (Å²) in [4.78, 5) is 6.63. The minimum Gasteiger partial charge on any atom is -0.497 e. The standard InChI is InChI=1S/C21H24F2N4O3S/c1-15(20-24-18-5-3-4-6-19(18)27(20)21(22)23)25-11-13-26(14-12-25)31(28,29)17-9-7-16(30-2)8-10-17/h3-10,15,21H,11-14H2,1-2H3/t15-/m1/s1. The van der Waals surface area contributed by atoms with Crippen LogP contribution in [0, 0.1) is 0 Å². The largest absolute Gasteiger partial charge is 0.497 e. The molecule has 4 rings (SSSR count). The summed E-state index contributed by atoms with van der Waals surface area (Å²) in [6.45, 7) is 0.502. The van der Waals surface area contributed by atoms with Gasteiger partial charge in [-0.05, 0) is 43.3 Å². The van der Waals surface area contributed by atoms with Gasteiger partial charge in [0.1, 0.15) is 11.6 Å². The van der Waals surface area contributed by atoms with Crippen molar-refractivity contribution in [2.45, 2.75) is 24.4 Å². The fraction of sp³-hybridized carbons (Fsp3) is 0.381. The minimum atomic E-state index is -3.63. The van der Waals surface area contributed by atoms with Crippen molar-refractivity contribution in [3.05, 3.63) is 54.4 Å². The highest BCUT2D eigenvalue weighted by atomic mass is 32.2. The van der Waals surface area contributed by atoms with Crippen LogP contribution in [-0.4, -0.2) is 60.5 Å². The molecular weight excluding hydrogens is 426 g/mol. The predicted octanol–water partition coefficient (Wildman–Crippen LogP) is 3.51. The van der Waals surface area contributed by atoms with Crippen LogP contribution in [0.5, 0.6) is 5.75 Å². The van der Waals surface area contributed by atoms with Crippen molar-refractivity contribution < 1.29 is 21.9 Å². The lowest BCUT2D eigenvalue weighted by molar-refractivity contribution is 0.0616. The molecule has 2 heterocycles. The van der Waals surface area contributed by atoms with Crippen LogP contribution in [0.1, 0.15) is 25.3 Å². The first-order valence-electron chi connectivity index (χ1n) is 9.96. The molecule has 7 nitrogen and oxygen atoms in total. The van der Waals surface area contributed by atoms with Crippen LogP contribution >= 0.6 is 0 Å². The molecule has 0 saturated carbocycles. The molecule has 166 valence electrons. The number of aromatic nitrogens is 2. The highest BCUT2D eigenvalue weighted by Gasteiger charge is 2.32. The van der Waals surface area contributed by atoms with E-state index in [9.17, 15) is 17.2 Å².